The van der Waals surface area contributed by atoms with Gasteiger partial charge in [-0.3, -0.25) is 4.79 Å². The molecule has 0 aliphatic rings. The fourth-order valence-corrected chi connectivity index (χ4v) is 2.91. The third-order valence-corrected chi connectivity index (χ3v) is 4.18. The van der Waals surface area contributed by atoms with E-state index < -0.39 is 0 Å². The molecule has 0 saturated carbocycles. The van der Waals surface area contributed by atoms with Gasteiger partial charge in [0.1, 0.15) is 12.4 Å². The minimum absolute atomic E-state index is 0.144. The number of anilines is 3. The summed E-state index contributed by atoms with van der Waals surface area (Å²) in [5, 5.41) is 19.4. The number of benzene rings is 2. The zero-order valence-electron chi connectivity index (χ0n) is 15.5. The molecule has 0 unspecified atom stereocenters. The molecule has 0 saturated heterocycles. The van der Waals surface area contributed by atoms with Gasteiger partial charge in [0.05, 0.1) is 0 Å². The SMILES string of the molecule is CC(=O)Nc1cccc(OCc2nnc3ccc(Nc4cccc(Cl)c4)nn23)c1. The van der Waals surface area contributed by atoms with Gasteiger partial charge in [0.15, 0.2) is 17.3 Å². The highest BCUT2D eigenvalue weighted by molar-refractivity contribution is 6.30. The Morgan fingerprint density at radius 3 is 2.72 bits per heavy atom. The van der Waals surface area contributed by atoms with E-state index in [2.05, 4.69) is 25.9 Å². The Morgan fingerprint density at radius 1 is 1.07 bits per heavy atom. The molecular formula is C20H17ClN6O2. The molecule has 0 bridgehead atoms. The largest absolute Gasteiger partial charge is 0.485 e. The molecule has 0 fully saturated rings. The Balaban J connectivity index is 1.51. The number of nitrogens with zero attached hydrogens (tertiary/aromatic N) is 4. The Bertz CT molecular complexity index is 1180. The lowest BCUT2D eigenvalue weighted by molar-refractivity contribution is -0.114. The van der Waals surface area contributed by atoms with Crippen LogP contribution >= 0.6 is 11.6 Å². The van der Waals surface area contributed by atoms with Crippen LogP contribution in [0.25, 0.3) is 5.65 Å². The molecule has 146 valence electrons. The van der Waals surface area contributed by atoms with Crippen molar-refractivity contribution in [1.82, 2.24) is 19.8 Å². The summed E-state index contributed by atoms with van der Waals surface area (Å²) >= 11 is 6.03. The van der Waals surface area contributed by atoms with E-state index in [0.717, 1.165) is 5.69 Å². The summed E-state index contributed by atoms with van der Waals surface area (Å²) in [5.41, 5.74) is 2.09. The number of carbonyl (C=O) groups excluding carboxylic acids is 1. The molecule has 0 atom stereocenters. The second-order valence-electron chi connectivity index (χ2n) is 6.24. The quantitative estimate of drug-likeness (QED) is 0.499. The summed E-state index contributed by atoms with van der Waals surface area (Å²) in [4.78, 5) is 11.2. The van der Waals surface area contributed by atoms with Gasteiger partial charge in [0, 0.05) is 29.4 Å². The molecule has 2 aromatic carbocycles. The van der Waals surface area contributed by atoms with Gasteiger partial charge in [0.25, 0.3) is 0 Å². The van der Waals surface area contributed by atoms with Gasteiger partial charge in [-0.1, -0.05) is 23.7 Å². The minimum Gasteiger partial charge on any atom is -0.485 e. The van der Waals surface area contributed by atoms with Crippen molar-refractivity contribution < 1.29 is 9.53 Å². The van der Waals surface area contributed by atoms with Gasteiger partial charge in [-0.25, -0.2) is 0 Å². The van der Waals surface area contributed by atoms with Crippen LogP contribution in [-0.4, -0.2) is 25.7 Å². The number of hydrogen-bond donors (Lipinski definition) is 2. The molecule has 2 N–H and O–H groups in total. The van der Waals surface area contributed by atoms with Crippen molar-refractivity contribution in [3.63, 3.8) is 0 Å². The summed E-state index contributed by atoms with van der Waals surface area (Å²) in [6.45, 7) is 1.62. The van der Waals surface area contributed by atoms with Gasteiger partial charge in [-0.2, -0.15) is 4.52 Å². The fraction of sp³-hybridized carbons (Fsp3) is 0.100. The fourth-order valence-electron chi connectivity index (χ4n) is 2.72. The number of amides is 1. The second-order valence-corrected chi connectivity index (χ2v) is 6.67. The second kappa shape index (κ2) is 8.15. The zero-order valence-corrected chi connectivity index (χ0v) is 16.2. The van der Waals surface area contributed by atoms with Gasteiger partial charge < -0.3 is 15.4 Å². The molecule has 0 aliphatic heterocycles. The summed E-state index contributed by atoms with van der Waals surface area (Å²) in [7, 11) is 0. The van der Waals surface area contributed by atoms with Crippen LogP contribution in [0.1, 0.15) is 12.7 Å². The number of halogens is 1. The molecular weight excluding hydrogens is 392 g/mol. The van der Waals surface area contributed by atoms with Crippen molar-refractivity contribution in [2.24, 2.45) is 0 Å². The number of aromatic nitrogens is 4. The topological polar surface area (TPSA) is 93.4 Å². The summed E-state index contributed by atoms with van der Waals surface area (Å²) in [6, 6.07) is 18.1. The Kier molecular flexibility index (Phi) is 5.26. The number of hydrogen-bond acceptors (Lipinski definition) is 6. The smallest absolute Gasteiger partial charge is 0.221 e. The third kappa shape index (κ3) is 4.61. The lowest BCUT2D eigenvalue weighted by Gasteiger charge is -2.08. The Hall–Kier alpha value is -3.65. The van der Waals surface area contributed by atoms with Gasteiger partial charge in [0.2, 0.25) is 5.91 Å². The van der Waals surface area contributed by atoms with Crippen molar-refractivity contribution in [3.8, 4) is 5.75 Å². The number of nitrogens with one attached hydrogen (secondary N) is 2. The maximum Gasteiger partial charge on any atom is 0.221 e. The van der Waals surface area contributed by atoms with Crippen LogP contribution in [0.3, 0.4) is 0 Å². The maximum absolute atomic E-state index is 11.2. The predicted molar refractivity (Wildman–Crippen MR) is 111 cm³/mol. The first kappa shape index (κ1) is 18.7. The third-order valence-electron chi connectivity index (χ3n) is 3.95. The highest BCUT2D eigenvalue weighted by Crippen LogP contribution is 2.20. The van der Waals surface area contributed by atoms with Crippen LogP contribution in [0.15, 0.2) is 60.7 Å². The molecule has 2 heterocycles. The molecule has 2 aromatic heterocycles. The van der Waals surface area contributed by atoms with Crippen molar-refractivity contribution in [3.05, 3.63) is 71.5 Å². The van der Waals surface area contributed by atoms with Crippen molar-refractivity contribution in [1.29, 1.82) is 0 Å². The monoisotopic (exact) mass is 408 g/mol. The normalized spacial score (nSPS) is 10.7. The molecule has 0 spiro atoms. The van der Waals surface area contributed by atoms with Crippen LogP contribution in [0.5, 0.6) is 5.75 Å². The number of rotatable bonds is 6. The first-order valence-corrected chi connectivity index (χ1v) is 9.19. The highest BCUT2D eigenvalue weighted by atomic mass is 35.5. The van der Waals surface area contributed by atoms with Crippen LogP contribution in [0, 0.1) is 0 Å². The first-order chi connectivity index (χ1) is 14.1. The zero-order chi connectivity index (χ0) is 20.2. The van der Waals surface area contributed by atoms with Crippen molar-refractivity contribution in [2.45, 2.75) is 13.5 Å². The van der Waals surface area contributed by atoms with E-state index in [1.807, 2.05) is 30.3 Å². The minimum atomic E-state index is -0.144. The number of ether oxygens (including phenoxy) is 1. The standard InChI is InChI=1S/C20H17ClN6O2/c1-13(28)22-16-6-3-7-17(11-16)29-12-20-25-24-19-9-8-18(26-27(19)20)23-15-5-2-4-14(21)10-15/h2-11H,12H2,1H3,(H,22,28)(H,23,26). The summed E-state index contributed by atoms with van der Waals surface area (Å²) in [6.07, 6.45) is 0. The average Bonchev–Trinajstić information content (AvgIpc) is 3.08. The number of fused-ring (bicyclic) bond motifs is 1. The average molecular weight is 409 g/mol. The van der Waals surface area contributed by atoms with Crippen LogP contribution < -0.4 is 15.4 Å². The van der Waals surface area contributed by atoms with Gasteiger partial charge in [-0.15, -0.1) is 15.3 Å². The molecule has 4 rings (SSSR count). The lowest BCUT2D eigenvalue weighted by atomic mass is 10.3. The van der Waals surface area contributed by atoms with E-state index in [1.165, 1.54) is 6.92 Å². The maximum atomic E-state index is 11.2. The lowest BCUT2D eigenvalue weighted by Crippen LogP contribution is -2.07. The molecule has 9 heteroatoms. The van der Waals surface area contributed by atoms with Crippen LogP contribution in [0.2, 0.25) is 5.02 Å². The molecule has 0 aliphatic carbocycles. The number of carbonyl (C=O) groups is 1. The first-order valence-electron chi connectivity index (χ1n) is 8.81. The van der Waals surface area contributed by atoms with Crippen LogP contribution in [-0.2, 0) is 11.4 Å². The predicted octanol–water partition coefficient (Wildman–Crippen LogP) is 4.06. The van der Waals surface area contributed by atoms with E-state index in [9.17, 15) is 4.79 Å². The van der Waals surface area contributed by atoms with E-state index in [0.29, 0.717) is 33.7 Å². The molecule has 29 heavy (non-hydrogen) atoms. The molecule has 8 nitrogen and oxygen atoms in total. The van der Waals surface area contributed by atoms with E-state index in [4.69, 9.17) is 16.3 Å². The van der Waals surface area contributed by atoms with E-state index >= 15 is 0 Å². The van der Waals surface area contributed by atoms with E-state index in [-0.39, 0.29) is 12.5 Å². The molecule has 0 radical (unpaired) electrons. The Labute approximate surface area is 171 Å². The highest BCUT2D eigenvalue weighted by Gasteiger charge is 2.09. The van der Waals surface area contributed by atoms with Crippen LogP contribution in [0.4, 0.5) is 17.2 Å². The van der Waals surface area contributed by atoms with Gasteiger partial charge in [-0.05, 0) is 42.5 Å². The Morgan fingerprint density at radius 2 is 1.90 bits per heavy atom. The van der Waals surface area contributed by atoms with Crippen molar-refractivity contribution in [2.75, 3.05) is 10.6 Å². The van der Waals surface area contributed by atoms with E-state index in [1.54, 1.807) is 34.8 Å². The van der Waals surface area contributed by atoms with Gasteiger partial charge >= 0.3 is 0 Å². The molecule has 4 aromatic rings. The molecule has 1 amide bonds. The summed E-state index contributed by atoms with van der Waals surface area (Å²) in [5.74, 6) is 1.61. The van der Waals surface area contributed by atoms with Crippen molar-refractivity contribution >= 4 is 40.3 Å². The summed E-state index contributed by atoms with van der Waals surface area (Å²) < 4.78 is 7.42.